The van der Waals surface area contributed by atoms with Crippen LogP contribution in [-0.2, 0) is 13.9 Å². The lowest BCUT2D eigenvalue weighted by atomic mass is 9.72. The van der Waals surface area contributed by atoms with Gasteiger partial charge in [0.1, 0.15) is 12.4 Å². The Kier molecular flexibility index (Phi) is 11.3. The maximum absolute atomic E-state index is 13.4. The second-order valence-corrected chi connectivity index (χ2v) is 18.8. The van der Waals surface area contributed by atoms with Gasteiger partial charge in [0.25, 0.3) is 0 Å². The predicted molar refractivity (Wildman–Crippen MR) is 154 cm³/mol. The van der Waals surface area contributed by atoms with Crippen molar-refractivity contribution in [3.05, 3.63) is 11.8 Å². The molecule has 0 heterocycles. The van der Waals surface area contributed by atoms with Crippen LogP contribution in [0.4, 0.5) is 9.59 Å². The monoisotopic (exact) mass is 540 g/mol. The van der Waals surface area contributed by atoms with Crippen molar-refractivity contribution in [1.82, 2.24) is 9.80 Å². The molecule has 0 N–H and O–H groups in total. The fourth-order valence-corrected chi connectivity index (χ4v) is 6.12. The number of rotatable bonds is 8. The van der Waals surface area contributed by atoms with Crippen molar-refractivity contribution < 1.29 is 23.5 Å². The van der Waals surface area contributed by atoms with Crippen LogP contribution < -0.4 is 0 Å². The second-order valence-electron chi connectivity index (χ2n) is 14.0. The molecule has 1 saturated carbocycles. The quantitative estimate of drug-likeness (QED) is 0.231. The minimum atomic E-state index is -2.18. The maximum Gasteiger partial charge on any atom is 0.415 e. The molecule has 0 aromatic carbocycles. The van der Waals surface area contributed by atoms with Gasteiger partial charge < -0.3 is 23.7 Å². The van der Waals surface area contributed by atoms with Gasteiger partial charge in [-0.25, -0.2) is 9.59 Å². The summed E-state index contributed by atoms with van der Waals surface area (Å²) in [6.07, 6.45) is 1.26. The molecule has 8 heteroatoms. The molecule has 1 aliphatic rings. The Morgan fingerprint density at radius 1 is 0.838 bits per heavy atom. The molecule has 1 rings (SSSR count). The Bertz CT molecular complexity index is 796. The van der Waals surface area contributed by atoms with Crippen LogP contribution in [0.15, 0.2) is 11.8 Å². The Labute approximate surface area is 228 Å². The lowest BCUT2D eigenvalue weighted by molar-refractivity contribution is 0.00177. The number of hydrogen-bond acceptors (Lipinski definition) is 5. The van der Waals surface area contributed by atoms with Gasteiger partial charge in [0, 0.05) is 29.7 Å². The average molecular weight is 541 g/mol. The summed E-state index contributed by atoms with van der Waals surface area (Å²) < 4.78 is 18.9. The van der Waals surface area contributed by atoms with Gasteiger partial charge in [0.15, 0.2) is 8.32 Å². The first-order valence-corrected chi connectivity index (χ1v) is 16.9. The van der Waals surface area contributed by atoms with Crippen LogP contribution in [0, 0.1) is 5.41 Å². The highest BCUT2D eigenvalue weighted by Gasteiger charge is 2.46. The highest BCUT2D eigenvalue weighted by atomic mass is 28.4. The molecule has 0 unspecified atom stereocenters. The number of amides is 2. The van der Waals surface area contributed by atoms with E-state index in [0.29, 0.717) is 6.42 Å². The van der Waals surface area contributed by atoms with Gasteiger partial charge in [0.05, 0.1) is 6.10 Å². The van der Waals surface area contributed by atoms with E-state index >= 15 is 0 Å². The van der Waals surface area contributed by atoms with E-state index in [-0.39, 0.29) is 46.8 Å². The van der Waals surface area contributed by atoms with Crippen molar-refractivity contribution >= 4 is 20.5 Å². The van der Waals surface area contributed by atoms with E-state index in [1.54, 1.807) is 9.80 Å². The molecule has 1 fully saturated rings. The molecule has 37 heavy (non-hydrogen) atoms. The Morgan fingerprint density at radius 3 is 1.65 bits per heavy atom. The summed E-state index contributed by atoms with van der Waals surface area (Å²) in [5, 5.41) is 0.000713. The zero-order chi connectivity index (χ0) is 29.1. The summed E-state index contributed by atoms with van der Waals surface area (Å²) in [6, 6.07) is -0.0111. The van der Waals surface area contributed by atoms with E-state index in [1.165, 1.54) is 6.26 Å². The van der Waals surface area contributed by atoms with E-state index in [9.17, 15) is 9.59 Å². The van der Waals surface area contributed by atoms with Gasteiger partial charge in [-0.15, -0.1) is 0 Å². The molecule has 2 atom stereocenters. The number of carbonyl (C=O) groups is 2. The van der Waals surface area contributed by atoms with Crippen molar-refractivity contribution in [3.8, 4) is 0 Å². The minimum absolute atomic E-state index is 0.000668. The highest BCUT2D eigenvalue weighted by Crippen LogP contribution is 2.45. The fraction of sp³-hybridized carbons (Fsp3) is 0.862. The van der Waals surface area contributed by atoms with Crippen LogP contribution in [-0.4, -0.2) is 66.7 Å². The standard InChI is InChI=1S/C29H56N2O5Si/c1-19(2)30(20(3)4)26(32)34-18-23-24(35-27(33)31(21(5)6)22(7)8)16-29(12,13)17-25(23)36-37(14,15)28(9,10)11/h18-22,24-25H,16-17H2,1-15H3/b23-18+/t24-,25-/m1/s1. The molecule has 2 amide bonds. The minimum Gasteiger partial charge on any atom is -0.441 e. The Morgan fingerprint density at radius 2 is 1.24 bits per heavy atom. The molecule has 0 spiro atoms. The number of nitrogens with zero attached hydrogens (tertiary/aromatic N) is 2. The summed E-state index contributed by atoms with van der Waals surface area (Å²) in [5.41, 5.74) is 0.604. The molecule has 0 aromatic heterocycles. The second kappa shape index (κ2) is 12.5. The zero-order valence-electron chi connectivity index (χ0n) is 26.4. The molecule has 0 aromatic rings. The highest BCUT2D eigenvalue weighted by molar-refractivity contribution is 6.74. The third-order valence-corrected chi connectivity index (χ3v) is 12.1. The van der Waals surface area contributed by atoms with Gasteiger partial charge >= 0.3 is 12.2 Å². The Balaban J connectivity index is 3.51. The van der Waals surface area contributed by atoms with Gasteiger partial charge in [-0.05, 0) is 91.8 Å². The molecule has 0 bridgehead atoms. The lowest BCUT2D eigenvalue weighted by Gasteiger charge is -2.46. The van der Waals surface area contributed by atoms with Crippen LogP contribution >= 0.6 is 0 Å². The van der Waals surface area contributed by atoms with E-state index in [2.05, 4.69) is 47.7 Å². The SMILES string of the molecule is CC(C)N(C(=O)O/C=C1\[C@H](OC(=O)N(C(C)C)C(C)C)CC(C)(C)C[C@H]1O[Si](C)(C)C(C)(C)C)C(C)C. The van der Waals surface area contributed by atoms with Crippen LogP contribution in [0.25, 0.3) is 0 Å². The summed E-state index contributed by atoms with van der Waals surface area (Å²) in [4.78, 5) is 29.9. The molecular formula is C29H56N2O5Si. The number of hydrogen-bond donors (Lipinski definition) is 0. The topological polar surface area (TPSA) is 68.3 Å². The van der Waals surface area contributed by atoms with Crippen molar-refractivity contribution in [2.75, 3.05) is 0 Å². The van der Waals surface area contributed by atoms with Crippen molar-refractivity contribution in [2.45, 2.75) is 157 Å². The molecule has 0 aliphatic heterocycles. The zero-order valence-corrected chi connectivity index (χ0v) is 27.4. The molecular weight excluding hydrogens is 484 g/mol. The fourth-order valence-electron chi connectivity index (χ4n) is 4.83. The lowest BCUT2D eigenvalue weighted by Crippen LogP contribution is -2.51. The smallest absolute Gasteiger partial charge is 0.415 e. The van der Waals surface area contributed by atoms with Crippen LogP contribution in [0.5, 0.6) is 0 Å². The third kappa shape index (κ3) is 9.01. The molecule has 7 nitrogen and oxygen atoms in total. The summed E-state index contributed by atoms with van der Waals surface area (Å²) >= 11 is 0. The van der Waals surface area contributed by atoms with Gasteiger partial charge in [-0.3, -0.25) is 0 Å². The van der Waals surface area contributed by atoms with Crippen LogP contribution in [0.2, 0.25) is 18.1 Å². The molecule has 0 radical (unpaired) electrons. The molecule has 1 aliphatic carbocycles. The average Bonchev–Trinajstić information content (AvgIpc) is 2.63. The van der Waals surface area contributed by atoms with Crippen molar-refractivity contribution in [3.63, 3.8) is 0 Å². The summed E-state index contributed by atoms with van der Waals surface area (Å²) in [7, 11) is -2.18. The van der Waals surface area contributed by atoms with E-state index in [1.807, 2.05) is 55.4 Å². The summed E-state index contributed by atoms with van der Waals surface area (Å²) in [6.45, 7) is 31.3. The third-order valence-electron chi connectivity index (χ3n) is 7.65. The maximum atomic E-state index is 13.4. The molecule has 216 valence electrons. The van der Waals surface area contributed by atoms with Gasteiger partial charge in [-0.1, -0.05) is 34.6 Å². The van der Waals surface area contributed by atoms with Crippen LogP contribution in [0.3, 0.4) is 0 Å². The van der Waals surface area contributed by atoms with E-state index in [4.69, 9.17) is 13.9 Å². The number of ether oxygens (including phenoxy) is 2. The van der Waals surface area contributed by atoms with Crippen LogP contribution in [0.1, 0.15) is 103 Å². The van der Waals surface area contributed by atoms with Crippen molar-refractivity contribution in [2.24, 2.45) is 5.41 Å². The first-order chi connectivity index (χ1) is 16.6. The first-order valence-electron chi connectivity index (χ1n) is 14.0. The van der Waals surface area contributed by atoms with Crippen molar-refractivity contribution in [1.29, 1.82) is 0 Å². The normalized spacial score (nSPS) is 21.6. The van der Waals surface area contributed by atoms with Gasteiger partial charge in [0.2, 0.25) is 0 Å². The van der Waals surface area contributed by atoms with Gasteiger partial charge in [-0.2, -0.15) is 0 Å². The van der Waals surface area contributed by atoms with E-state index < -0.39 is 20.5 Å². The number of carbonyl (C=O) groups excluding carboxylic acids is 2. The largest absolute Gasteiger partial charge is 0.441 e. The van der Waals surface area contributed by atoms with E-state index in [0.717, 1.165) is 12.0 Å². The first kappa shape index (κ1) is 33.5. The molecule has 0 saturated heterocycles. The summed E-state index contributed by atoms with van der Waals surface area (Å²) in [5.74, 6) is 0. The predicted octanol–water partition coefficient (Wildman–Crippen LogP) is 7.96. The Hall–Kier alpha value is -1.54.